The maximum Gasteiger partial charge on any atom is 0.0942 e. The number of para-hydroxylation sites is 1. The van der Waals surface area contributed by atoms with E-state index >= 15 is 0 Å². The molecule has 0 aliphatic carbocycles. The summed E-state index contributed by atoms with van der Waals surface area (Å²) in [5.41, 5.74) is 3.61. The van der Waals surface area contributed by atoms with E-state index in [2.05, 4.69) is 60.9 Å². The van der Waals surface area contributed by atoms with Crippen LogP contribution in [0.2, 0.25) is 0 Å². The number of aliphatic hydroxyl groups excluding tert-OH is 1. The van der Waals surface area contributed by atoms with Gasteiger partial charge in [0.05, 0.1) is 6.10 Å². The molecule has 0 fully saturated rings. The fourth-order valence-corrected chi connectivity index (χ4v) is 3.30. The Labute approximate surface area is 144 Å². The van der Waals surface area contributed by atoms with Crippen LogP contribution in [0.25, 0.3) is 10.9 Å². The van der Waals surface area contributed by atoms with Gasteiger partial charge in [0.2, 0.25) is 0 Å². The van der Waals surface area contributed by atoms with Gasteiger partial charge < -0.3 is 14.6 Å². The van der Waals surface area contributed by atoms with Crippen molar-refractivity contribution in [3.63, 3.8) is 0 Å². The summed E-state index contributed by atoms with van der Waals surface area (Å²) >= 11 is 0. The van der Waals surface area contributed by atoms with Crippen LogP contribution in [0, 0.1) is 0 Å². The second kappa shape index (κ2) is 7.20. The molecule has 126 valence electrons. The average Bonchev–Trinajstić information content (AvgIpc) is 2.95. The van der Waals surface area contributed by atoms with Crippen LogP contribution in [-0.4, -0.2) is 34.2 Å². The first-order valence-corrected chi connectivity index (χ1v) is 8.54. The highest BCUT2D eigenvalue weighted by atomic mass is 16.3. The molecule has 2 aromatic carbocycles. The first-order chi connectivity index (χ1) is 11.6. The third kappa shape index (κ3) is 3.37. The van der Waals surface area contributed by atoms with Crippen molar-refractivity contribution in [1.82, 2.24) is 9.47 Å². The average molecular weight is 322 g/mol. The Kier molecular flexibility index (Phi) is 5.03. The molecule has 1 heterocycles. The normalized spacial score (nSPS) is 14.2. The van der Waals surface area contributed by atoms with Crippen molar-refractivity contribution in [2.75, 3.05) is 13.6 Å². The summed E-state index contributed by atoms with van der Waals surface area (Å²) in [6.07, 6.45) is 2.73. The van der Waals surface area contributed by atoms with E-state index in [4.69, 9.17) is 0 Å². The molecular weight excluding hydrogens is 296 g/mol. The van der Waals surface area contributed by atoms with Crippen LogP contribution in [0.15, 0.2) is 60.8 Å². The summed E-state index contributed by atoms with van der Waals surface area (Å²) in [7, 11) is 4.18. The number of hydrogen-bond donors (Lipinski definition) is 1. The van der Waals surface area contributed by atoms with Crippen molar-refractivity contribution in [2.24, 2.45) is 7.05 Å². The van der Waals surface area contributed by atoms with Crippen LogP contribution < -0.4 is 0 Å². The lowest BCUT2D eigenvalue weighted by Crippen LogP contribution is -2.35. The van der Waals surface area contributed by atoms with Gasteiger partial charge in [0.15, 0.2) is 0 Å². The molecule has 3 heteroatoms. The molecule has 0 amide bonds. The zero-order valence-electron chi connectivity index (χ0n) is 14.7. The fraction of sp³-hybridized carbons (Fsp3) is 0.333. The number of nitrogens with zero attached hydrogens (tertiary/aromatic N) is 2. The third-order valence-corrected chi connectivity index (χ3v) is 5.01. The van der Waals surface area contributed by atoms with Crippen molar-refractivity contribution in [1.29, 1.82) is 0 Å². The summed E-state index contributed by atoms with van der Waals surface area (Å²) in [5.74, 6) is 0. The monoisotopic (exact) mass is 322 g/mol. The fourth-order valence-electron chi connectivity index (χ4n) is 3.30. The quantitative estimate of drug-likeness (QED) is 0.748. The van der Waals surface area contributed by atoms with Crippen LogP contribution >= 0.6 is 0 Å². The number of aryl methyl sites for hydroxylation is 1. The molecule has 0 aliphatic rings. The molecular formula is C21H26N2O. The standard InChI is InChI=1S/C21H26N2O/c1-16(21(24)17-9-5-4-6-10-17)22(2)14-13-18-15-23(3)20-12-8-7-11-19(18)20/h4-12,15-16,21,24H,13-14H2,1-3H3/t16-,21-/m0/s1. The Bertz CT molecular complexity index is 794. The van der Waals surface area contributed by atoms with E-state index in [9.17, 15) is 5.11 Å². The molecule has 0 aliphatic heterocycles. The minimum atomic E-state index is -0.469. The lowest BCUT2D eigenvalue weighted by molar-refractivity contribution is 0.0732. The third-order valence-electron chi connectivity index (χ3n) is 5.01. The number of aliphatic hydroxyl groups is 1. The number of hydrogen-bond acceptors (Lipinski definition) is 2. The minimum absolute atomic E-state index is 0.0716. The Morgan fingerprint density at radius 3 is 2.46 bits per heavy atom. The van der Waals surface area contributed by atoms with Gasteiger partial charge in [-0.1, -0.05) is 48.5 Å². The molecule has 1 N–H and O–H groups in total. The van der Waals surface area contributed by atoms with Gasteiger partial charge in [-0.15, -0.1) is 0 Å². The molecule has 1 aromatic heterocycles. The van der Waals surface area contributed by atoms with E-state index < -0.39 is 6.10 Å². The van der Waals surface area contributed by atoms with Crippen molar-refractivity contribution >= 4 is 10.9 Å². The van der Waals surface area contributed by atoms with E-state index in [1.165, 1.54) is 16.5 Å². The molecule has 0 radical (unpaired) electrons. The number of benzene rings is 2. The van der Waals surface area contributed by atoms with Gasteiger partial charge in [0, 0.05) is 36.7 Å². The molecule has 3 aromatic rings. The van der Waals surface area contributed by atoms with E-state index in [1.54, 1.807) is 0 Å². The zero-order valence-corrected chi connectivity index (χ0v) is 14.7. The van der Waals surface area contributed by atoms with Gasteiger partial charge in [-0.2, -0.15) is 0 Å². The van der Waals surface area contributed by atoms with Gasteiger partial charge in [0.1, 0.15) is 0 Å². The van der Waals surface area contributed by atoms with E-state index in [0.717, 1.165) is 18.5 Å². The maximum absolute atomic E-state index is 10.6. The highest BCUT2D eigenvalue weighted by Gasteiger charge is 2.20. The smallest absolute Gasteiger partial charge is 0.0942 e. The van der Waals surface area contributed by atoms with Gasteiger partial charge in [-0.3, -0.25) is 0 Å². The van der Waals surface area contributed by atoms with Crippen LogP contribution in [0.1, 0.15) is 24.2 Å². The Morgan fingerprint density at radius 2 is 1.71 bits per heavy atom. The highest BCUT2D eigenvalue weighted by Crippen LogP contribution is 2.23. The van der Waals surface area contributed by atoms with E-state index in [-0.39, 0.29) is 6.04 Å². The van der Waals surface area contributed by atoms with Crippen molar-refractivity contribution in [2.45, 2.75) is 25.5 Å². The van der Waals surface area contributed by atoms with Gasteiger partial charge in [0.25, 0.3) is 0 Å². The van der Waals surface area contributed by atoms with Crippen molar-refractivity contribution < 1.29 is 5.11 Å². The molecule has 0 saturated carbocycles. The van der Waals surface area contributed by atoms with Gasteiger partial charge in [-0.05, 0) is 37.6 Å². The van der Waals surface area contributed by atoms with Crippen LogP contribution in [-0.2, 0) is 13.5 Å². The summed E-state index contributed by atoms with van der Waals surface area (Å²) < 4.78 is 2.19. The predicted octanol–water partition coefficient (Wildman–Crippen LogP) is 3.77. The van der Waals surface area contributed by atoms with Gasteiger partial charge in [-0.25, -0.2) is 0 Å². The van der Waals surface area contributed by atoms with Crippen LogP contribution in [0.3, 0.4) is 0 Å². The minimum Gasteiger partial charge on any atom is -0.387 e. The summed E-state index contributed by atoms with van der Waals surface area (Å²) in [4.78, 5) is 2.24. The summed E-state index contributed by atoms with van der Waals surface area (Å²) in [6.45, 7) is 3.00. The lowest BCUT2D eigenvalue weighted by Gasteiger charge is -2.29. The van der Waals surface area contributed by atoms with E-state index in [0.29, 0.717) is 0 Å². The van der Waals surface area contributed by atoms with Crippen LogP contribution in [0.5, 0.6) is 0 Å². The molecule has 3 nitrogen and oxygen atoms in total. The Morgan fingerprint density at radius 1 is 1.04 bits per heavy atom. The first-order valence-electron chi connectivity index (χ1n) is 8.54. The maximum atomic E-state index is 10.6. The SMILES string of the molecule is C[C@@H]([C@H](O)c1ccccc1)N(C)CCc1cn(C)c2ccccc12. The predicted molar refractivity (Wildman–Crippen MR) is 100 cm³/mol. The topological polar surface area (TPSA) is 28.4 Å². The molecule has 0 unspecified atom stereocenters. The number of aromatic nitrogens is 1. The second-order valence-electron chi connectivity index (χ2n) is 6.61. The number of likely N-dealkylation sites (N-methyl/N-ethyl adjacent to an activating group) is 1. The Balaban J connectivity index is 1.67. The first kappa shape index (κ1) is 16.7. The second-order valence-corrected chi connectivity index (χ2v) is 6.61. The molecule has 2 atom stereocenters. The molecule has 0 saturated heterocycles. The molecule has 3 rings (SSSR count). The van der Waals surface area contributed by atoms with E-state index in [1.807, 2.05) is 30.3 Å². The molecule has 0 bridgehead atoms. The van der Waals surface area contributed by atoms with Gasteiger partial charge >= 0.3 is 0 Å². The zero-order chi connectivity index (χ0) is 17.1. The largest absolute Gasteiger partial charge is 0.387 e. The number of rotatable bonds is 6. The molecule has 24 heavy (non-hydrogen) atoms. The van der Waals surface area contributed by atoms with Crippen molar-refractivity contribution in [3.05, 3.63) is 71.9 Å². The summed E-state index contributed by atoms with van der Waals surface area (Å²) in [5, 5.41) is 11.9. The number of fused-ring (bicyclic) bond motifs is 1. The lowest BCUT2D eigenvalue weighted by atomic mass is 10.0. The van der Waals surface area contributed by atoms with Crippen LogP contribution in [0.4, 0.5) is 0 Å². The Hall–Kier alpha value is -2.10. The summed E-state index contributed by atoms with van der Waals surface area (Å²) in [6, 6.07) is 18.5. The molecule has 0 spiro atoms. The highest BCUT2D eigenvalue weighted by molar-refractivity contribution is 5.83. The van der Waals surface area contributed by atoms with Crippen molar-refractivity contribution in [3.8, 4) is 0 Å².